The van der Waals surface area contributed by atoms with E-state index in [1.165, 1.54) is 0 Å². The zero-order valence-electron chi connectivity index (χ0n) is 31.2. The molecule has 3 N–H and O–H groups in total. The zero-order valence-corrected chi connectivity index (χ0v) is 42.2. The Kier molecular flexibility index (Phi) is 19.3. The van der Waals surface area contributed by atoms with Gasteiger partial charge >= 0.3 is 166 Å². The Morgan fingerprint density at radius 1 is 0.944 bits per heavy atom. The van der Waals surface area contributed by atoms with Crippen LogP contribution in [-0.4, -0.2) is 109 Å². The molecule has 23 heteroatoms. The Bertz CT molecular complexity index is 1630. The molecule has 4 aliphatic carbocycles. The Morgan fingerprint density at radius 2 is 1.54 bits per heavy atom. The van der Waals surface area contributed by atoms with Gasteiger partial charge in [-0.3, -0.25) is 18.0 Å². The van der Waals surface area contributed by atoms with Crippen LogP contribution in [0.5, 0.6) is 0 Å². The van der Waals surface area contributed by atoms with Gasteiger partial charge in [-0.25, -0.2) is 16.8 Å². The van der Waals surface area contributed by atoms with Crippen molar-refractivity contribution in [2.24, 2.45) is 39.9 Å². The molecule has 13 atom stereocenters. The number of carboxylic acids is 2. The van der Waals surface area contributed by atoms with Crippen molar-refractivity contribution in [2.75, 3.05) is 6.61 Å². The predicted molar refractivity (Wildman–Crippen MR) is 163 cm³/mol. The Balaban J connectivity index is 0.00000336. The molecule has 1 saturated heterocycles. The molecule has 0 aromatic carbocycles. The van der Waals surface area contributed by atoms with Gasteiger partial charge in [0.1, 0.15) is 23.7 Å². The van der Waals surface area contributed by atoms with E-state index in [1.807, 2.05) is 0 Å². The Hall–Kier alpha value is 2.64. The van der Waals surface area contributed by atoms with Crippen LogP contribution in [0.1, 0.15) is 72.1 Å². The van der Waals surface area contributed by atoms with Gasteiger partial charge in [0.05, 0.1) is 24.8 Å². The van der Waals surface area contributed by atoms with Crippen LogP contribution in [0.2, 0.25) is 0 Å². The van der Waals surface area contributed by atoms with E-state index in [4.69, 9.17) is 14.2 Å². The van der Waals surface area contributed by atoms with E-state index in [2.05, 4.69) is 14.9 Å². The third-order valence-corrected chi connectivity index (χ3v) is 12.9. The van der Waals surface area contributed by atoms with Crippen LogP contribution >= 0.6 is 0 Å². The molecule has 0 aromatic heterocycles. The van der Waals surface area contributed by atoms with Crippen molar-refractivity contribution in [1.29, 1.82) is 0 Å². The van der Waals surface area contributed by atoms with Crippen molar-refractivity contribution in [3.63, 3.8) is 0 Å². The number of fused-ring (bicyclic) bond motifs is 3. The zero-order chi connectivity index (χ0) is 38.1. The van der Waals surface area contributed by atoms with Gasteiger partial charge in [-0.15, -0.1) is 0 Å². The summed E-state index contributed by atoms with van der Waals surface area (Å²) in [5.74, 6) is -6.40. The first-order chi connectivity index (χ1) is 23.5. The maximum absolute atomic E-state index is 13.1. The molecule has 1 unspecified atom stereocenters. The summed E-state index contributed by atoms with van der Waals surface area (Å²) in [7, 11) is -11.5. The molecule has 5 fully saturated rings. The third kappa shape index (κ3) is 10.5. The number of carbonyl (C=O) groups excluding carboxylic acids is 2. The number of aliphatic hydroxyl groups excluding tert-OH is 2. The molecule has 18 nitrogen and oxygen atoms in total. The molecule has 0 radical (unpaired) electrons. The van der Waals surface area contributed by atoms with Crippen LogP contribution in [0.4, 0.5) is 0 Å². The van der Waals surface area contributed by atoms with Crippen LogP contribution in [-0.2, 0) is 57.8 Å². The number of esters is 1. The summed E-state index contributed by atoms with van der Waals surface area (Å²) in [6.07, 6.45) is -12.4. The molecule has 0 amide bonds. The van der Waals surface area contributed by atoms with Gasteiger partial charge in [-0.1, -0.05) is 27.4 Å². The number of hydrogen-bond acceptors (Lipinski definition) is 17. The molecule has 4 saturated carbocycles. The van der Waals surface area contributed by atoms with E-state index < -0.39 is 123 Å². The van der Waals surface area contributed by atoms with Crippen molar-refractivity contribution in [3.05, 3.63) is 12.2 Å². The van der Waals surface area contributed by atoms with Crippen molar-refractivity contribution in [3.8, 4) is 0 Å². The molecule has 2 bridgehead atoms. The summed E-state index contributed by atoms with van der Waals surface area (Å²) in [5.41, 5.74) is -3.76. The fourth-order valence-electron chi connectivity index (χ4n) is 10.2. The Labute approximate surface area is 442 Å². The number of rotatable bonds is 12. The second kappa shape index (κ2) is 19.8. The second-order valence-electron chi connectivity index (χ2n) is 15.3. The molecule has 5 rings (SSSR count). The average molecular weight is 885 g/mol. The first-order valence-electron chi connectivity index (χ1n) is 16.7. The van der Waals surface area contributed by atoms with Gasteiger partial charge in [0.2, 0.25) is 20.8 Å². The fraction of sp³-hybridized carbons (Fsp3) is 0.839. The molecule has 1 spiro atoms. The van der Waals surface area contributed by atoms with Crippen molar-refractivity contribution in [2.45, 2.75) is 115 Å². The van der Waals surface area contributed by atoms with Gasteiger partial charge in [0.25, 0.3) is 0 Å². The van der Waals surface area contributed by atoms with Crippen LogP contribution in [0.15, 0.2) is 12.2 Å². The largest absolute Gasteiger partial charge is 1.00 e. The maximum atomic E-state index is 13.1. The van der Waals surface area contributed by atoms with E-state index in [0.29, 0.717) is 31.3 Å². The molecule has 54 heavy (non-hydrogen) atoms. The predicted octanol–water partition coefficient (Wildman–Crippen LogP) is -9.89. The second-order valence-corrected chi connectivity index (χ2v) is 17.3. The summed E-state index contributed by atoms with van der Waals surface area (Å²) in [4.78, 5) is 39.0. The third-order valence-electron chi connectivity index (χ3n) is 12.0. The van der Waals surface area contributed by atoms with Gasteiger partial charge in [0, 0.05) is 11.8 Å². The minimum absolute atomic E-state index is 0. The summed E-state index contributed by atoms with van der Waals surface area (Å²) >= 11 is 0. The van der Waals surface area contributed by atoms with Crippen LogP contribution < -0.4 is 159 Å². The summed E-state index contributed by atoms with van der Waals surface area (Å²) in [5, 5.41) is 45.2. The SMILES string of the molecule is C=C1[C@H]2CC[C@H]3[C@]4(C)C[C@H](O[C@@H]5O[C@H](CO)[C@@H](OS(=O)(=O)[O-])[C@H](OS(=O)(=O)[O-])[C@H]5OC(=O)CC(C)C)CC(C(=O)[O-])(C(=O)O)[C@H]4CC[C@@]3(C2)[C@@H]1O.[K+].[K+].[K+]. The first-order valence-corrected chi connectivity index (χ1v) is 19.4. The quantitative estimate of drug-likeness (QED) is 0.0312. The Morgan fingerprint density at radius 3 is 2.06 bits per heavy atom. The van der Waals surface area contributed by atoms with E-state index >= 15 is 0 Å². The van der Waals surface area contributed by atoms with Gasteiger partial charge in [-0.05, 0) is 79.6 Å². The minimum Gasteiger partial charge on any atom is -0.726 e. The van der Waals surface area contributed by atoms with Gasteiger partial charge < -0.3 is 48.5 Å². The number of ether oxygens (including phenoxy) is 3. The molecule has 5 aliphatic rings. The number of hydrogen-bond donors (Lipinski definition) is 3. The standard InChI is InChI=1S/C31H46O18S2.3K/c1-14(2)9-21(33)47-24-23(49-51(42,43)44)22(48-50(39,40)41)18(13-32)46-26(24)45-17-11-29(4)19-6-5-16-10-30(19,25(34)15(16)3)8-7-20(29)31(12-17,27(35)36)28(37)38;;;/h14,16-20,22-26,32,34H,3,5-13H2,1-2,4H3,(H,35,36)(H,37,38)(H,39,40,41)(H,42,43,44);;;/q;3*+1/p-3/t16-,17-,18+,19-,20-,22+,23-,24+,25+,26+,29-,30-;;;/m0.../s1. The van der Waals surface area contributed by atoms with E-state index in [0.717, 1.165) is 0 Å². The van der Waals surface area contributed by atoms with Crippen molar-refractivity contribution >= 4 is 38.7 Å². The van der Waals surface area contributed by atoms with Crippen LogP contribution in [0, 0.1) is 39.9 Å². The average Bonchev–Trinajstić information content (AvgIpc) is 3.16. The molecule has 1 aliphatic heterocycles. The molecule has 290 valence electrons. The number of aliphatic carboxylic acids is 2. The maximum Gasteiger partial charge on any atom is 1.00 e. The number of carbonyl (C=O) groups is 3. The number of aliphatic hydroxyl groups is 2. The summed E-state index contributed by atoms with van der Waals surface area (Å²) in [6.45, 7) is 7.87. The number of carboxylic acid groups (broad SMARTS) is 2. The summed E-state index contributed by atoms with van der Waals surface area (Å²) in [6, 6.07) is 0. The van der Waals surface area contributed by atoms with Crippen molar-refractivity contribution in [1.82, 2.24) is 0 Å². The van der Waals surface area contributed by atoms with Crippen LogP contribution in [0.25, 0.3) is 0 Å². The minimum atomic E-state index is -5.79. The van der Waals surface area contributed by atoms with E-state index in [1.54, 1.807) is 20.8 Å². The smallest absolute Gasteiger partial charge is 0.726 e. The molecular weight excluding hydrogens is 842 g/mol. The van der Waals surface area contributed by atoms with E-state index in [-0.39, 0.29) is 185 Å². The fourth-order valence-corrected chi connectivity index (χ4v) is 11.2. The van der Waals surface area contributed by atoms with Crippen LogP contribution in [0.3, 0.4) is 0 Å². The monoisotopic (exact) mass is 884 g/mol. The molecule has 0 aromatic rings. The topological polar surface area (TPSA) is 296 Å². The van der Waals surface area contributed by atoms with Crippen molar-refractivity contribution < 1.29 is 237 Å². The van der Waals surface area contributed by atoms with Gasteiger partial charge in [0.15, 0.2) is 12.4 Å². The van der Waals surface area contributed by atoms with E-state index in [9.17, 15) is 60.8 Å². The molecular formula is C31H43K3O18S2. The first kappa shape index (κ1) is 52.8. The summed E-state index contributed by atoms with van der Waals surface area (Å²) < 4.78 is 96.9. The molecule has 1 heterocycles. The van der Waals surface area contributed by atoms with Gasteiger partial charge in [-0.2, -0.15) is 0 Å². The normalized spacial score (nSPS) is 40.2.